The molecule has 1 aromatic heterocycles. The van der Waals surface area contributed by atoms with E-state index < -0.39 is 0 Å². The van der Waals surface area contributed by atoms with Crippen molar-refractivity contribution >= 4 is 17.5 Å². The molecule has 1 aliphatic heterocycles. The molecule has 2 aromatic carbocycles. The van der Waals surface area contributed by atoms with E-state index in [1.807, 2.05) is 24.4 Å². The molecule has 2 heteroatoms. The van der Waals surface area contributed by atoms with Crippen molar-refractivity contribution in [3.05, 3.63) is 102 Å². The minimum atomic E-state index is -0.0450. The highest BCUT2D eigenvalue weighted by molar-refractivity contribution is 6.05. The molecule has 128 valence electrons. The summed E-state index contributed by atoms with van der Waals surface area (Å²) in [7, 11) is 0. The highest BCUT2D eigenvalue weighted by Crippen LogP contribution is 2.40. The Kier molecular flexibility index (Phi) is 4.26. The van der Waals surface area contributed by atoms with Crippen LogP contribution in [0.15, 0.2) is 85.1 Å². The first-order chi connectivity index (χ1) is 12.7. The lowest BCUT2D eigenvalue weighted by molar-refractivity contribution is -0.455. The number of hydrogen-bond acceptors (Lipinski definition) is 1. The maximum atomic E-state index is 4.43. The number of allylic oxidation sites excluding steroid dienone is 1. The minimum absolute atomic E-state index is 0.0450. The van der Waals surface area contributed by atoms with Gasteiger partial charge in [0.05, 0.1) is 11.1 Å². The molecule has 0 amide bonds. The molecule has 4 rings (SSSR count). The number of nitrogens with zero attached hydrogens (tertiary/aromatic N) is 2. The Labute approximate surface area is 155 Å². The monoisotopic (exact) mass is 339 g/mol. The van der Waals surface area contributed by atoms with Gasteiger partial charge in [-0.1, -0.05) is 54.6 Å². The summed E-state index contributed by atoms with van der Waals surface area (Å²) in [5.41, 5.74) is 6.21. The molecule has 0 saturated carbocycles. The fourth-order valence-corrected chi connectivity index (χ4v) is 3.72. The van der Waals surface area contributed by atoms with Crippen LogP contribution in [-0.2, 0) is 12.0 Å². The first-order valence-corrected chi connectivity index (χ1v) is 9.04. The third-order valence-electron chi connectivity index (χ3n) is 5.08. The van der Waals surface area contributed by atoms with Gasteiger partial charge in [0, 0.05) is 29.5 Å². The summed E-state index contributed by atoms with van der Waals surface area (Å²) in [5, 5.41) is 0. The Balaban J connectivity index is 1.82. The van der Waals surface area contributed by atoms with Crippen LogP contribution in [0.5, 0.6) is 0 Å². The van der Waals surface area contributed by atoms with Gasteiger partial charge in [-0.15, -0.1) is 0 Å². The van der Waals surface area contributed by atoms with Crippen molar-refractivity contribution in [3.63, 3.8) is 0 Å². The molecule has 26 heavy (non-hydrogen) atoms. The van der Waals surface area contributed by atoms with Gasteiger partial charge in [-0.2, -0.15) is 4.58 Å². The van der Waals surface area contributed by atoms with Gasteiger partial charge in [-0.05, 0) is 32.1 Å². The molecular formula is C24H23N2+. The molecule has 1 aliphatic rings. The van der Waals surface area contributed by atoms with Gasteiger partial charge in [-0.3, -0.25) is 4.98 Å². The Bertz CT molecular complexity index is 967. The highest BCUT2D eigenvalue weighted by Gasteiger charge is 2.43. The third-order valence-corrected chi connectivity index (χ3v) is 5.08. The summed E-state index contributed by atoms with van der Waals surface area (Å²) in [6.07, 6.45) is 6.17. The standard InChI is InChI=1S/C24H23N2/c1-24(2)21-13-6-7-14-22(21)26(18-19-10-4-3-5-11-19)23(24)16-15-20-12-8-9-17-25-20/h3-17H,18H2,1-2H3/q+1. The Morgan fingerprint density at radius 1 is 0.846 bits per heavy atom. The lowest BCUT2D eigenvalue weighted by Crippen LogP contribution is -2.27. The maximum absolute atomic E-state index is 4.43. The van der Waals surface area contributed by atoms with Gasteiger partial charge in [0.15, 0.2) is 12.3 Å². The zero-order chi connectivity index (χ0) is 18.0. The van der Waals surface area contributed by atoms with Gasteiger partial charge < -0.3 is 0 Å². The largest absolute Gasteiger partial charge is 0.257 e. The minimum Gasteiger partial charge on any atom is -0.257 e. The van der Waals surface area contributed by atoms with E-state index in [0.717, 1.165) is 12.2 Å². The molecule has 0 saturated heterocycles. The lowest BCUT2D eigenvalue weighted by Gasteiger charge is -2.15. The predicted octanol–water partition coefficient (Wildman–Crippen LogP) is 5.37. The van der Waals surface area contributed by atoms with Gasteiger partial charge >= 0.3 is 0 Å². The van der Waals surface area contributed by atoms with Crippen LogP contribution in [-0.4, -0.2) is 15.3 Å². The number of hydrogen-bond donors (Lipinski definition) is 0. The number of benzene rings is 2. The molecule has 0 fully saturated rings. The molecule has 0 spiro atoms. The van der Waals surface area contributed by atoms with E-state index in [2.05, 4.69) is 90.2 Å². The Morgan fingerprint density at radius 3 is 2.35 bits per heavy atom. The molecule has 3 aromatic rings. The van der Waals surface area contributed by atoms with E-state index in [9.17, 15) is 0 Å². The van der Waals surface area contributed by atoms with Crippen LogP contribution < -0.4 is 0 Å². The molecule has 2 nitrogen and oxygen atoms in total. The van der Waals surface area contributed by atoms with Gasteiger partial charge in [0.25, 0.3) is 0 Å². The molecule has 0 atom stereocenters. The normalized spacial score (nSPS) is 15.5. The molecule has 2 heterocycles. The predicted molar refractivity (Wildman–Crippen MR) is 108 cm³/mol. The Hall–Kier alpha value is -3.00. The van der Waals surface area contributed by atoms with Crippen molar-refractivity contribution < 1.29 is 4.58 Å². The topological polar surface area (TPSA) is 15.9 Å². The van der Waals surface area contributed by atoms with E-state index in [4.69, 9.17) is 0 Å². The molecule has 0 radical (unpaired) electrons. The summed E-state index contributed by atoms with van der Waals surface area (Å²) in [6, 6.07) is 25.4. The molecule has 0 aliphatic carbocycles. The first-order valence-electron chi connectivity index (χ1n) is 9.04. The van der Waals surface area contributed by atoms with Crippen LogP contribution in [0, 0.1) is 0 Å². The SMILES string of the molecule is CC1(C)C(C=Cc2ccccn2)=[N+](Cc2ccccc2)c2ccccc21. The van der Waals surface area contributed by atoms with E-state index >= 15 is 0 Å². The second kappa shape index (κ2) is 6.72. The summed E-state index contributed by atoms with van der Waals surface area (Å²) < 4.78 is 2.43. The van der Waals surface area contributed by atoms with Crippen LogP contribution in [0.4, 0.5) is 5.69 Å². The summed E-state index contributed by atoms with van der Waals surface area (Å²) in [6.45, 7) is 5.47. The number of pyridine rings is 1. The van der Waals surface area contributed by atoms with Crippen LogP contribution in [0.2, 0.25) is 0 Å². The van der Waals surface area contributed by atoms with E-state index in [0.29, 0.717) is 0 Å². The highest BCUT2D eigenvalue weighted by atomic mass is 15.1. The number of aromatic nitrogens is 1. The van der Waals surface area contributed by atoms with E-state index in [1.165, 1.54) is 22.5 Å². The molecule has 0 N–H and O–H groups in total. The fraction of sp³-hybridized carbons (Fsp3) is 0.167. The molecule has 0 unspecified atom stereocenters. The van der Waals surface area contributed by atoms with Crippen molar-refractivity contribution in [1.29, 1.82) is 0 Å². The fourth-order valence-electron chi connectivity index (χ4n) is 3.72. The summed E-state index contributed by atoms with van der Waals surface area (Å²) >= 11 is 0. The second-order valence-electron chi connectivity index (χ2n) is 7.19. The number of rotatable bonds is 4. The zero-order valence-corrected chi connectivity index (χ0v) is 15.3. The third kappa shape index (κ3) is 2.99. The number of fused-ring (bicyclic) bond motifs is 1. The lowest BCUT2D eigenvalue weighted by atomic mass is 9.81. The van der Waals surface area contributed by atoms with E-state index in [1.54, 1.807) is 0 Å². The zero-order valence-electron chi connectivity index (χ0n) is 15.3. The van der Waals surface area contributed by atoms with Crippen LogP contribution in [0.25, 0.3) is 6.08 Å². The van der Waals surface area contributed by atoms with Gasteiger partial charge in [0.2, 0.25) is 5.69 Å². The van der Waals surface area contributed by atoms with E-state index in [-0.39, 0.29) is 5.41 Å². The number of para-hydroxylation sites is 1. The second-order valence-corrected chi connectivity index (χ2v) is 7.19. The van der Waals surface area contributed by atoms with Crippen LogP contribution >= 0.6 is 0 Å². The van der Waals surface area contributed by atoms with Gasteiger partial charge in [-0.25, -0.2) is 0 Å². The van der Waals surface area contributed by atoms with Crippen molar-refractivity contribution in [1.82, 2.24) is 4.98 Å². The first kappa shape index (κ1) is 16.5. The van der Waals surface area contributed by atoms with Crippen molar-refractivity contribution in [2.45, 2.75) is 25.8 Å². The summed E-state index contributed by atoms with van der Waals surface area (Å²) in [4.78, 5) is 4.43. The van der Waals surface area contributed by atoms with Gasteiger partial charge in [0.1, 0.15) is 0 Å². The Morgan fingerprint density at radius 2 is 1.58 bits per heavy atom. The van der Waals surface area contributed by atoms with Crippen LogP contribution in [0.3, 0.4) is 0 Å². The molecule has 0 bridgehead atoms. The average Bonchev–Trinajstić information content (AvgIpc) is 2.89. The van der Waals surface area contributed by atoms with Crippen molar-refractivity contribution in [2.24, 2.45) is 0 Å². The molecular weight excluding hydrogens is 316 g/mol. The summed E-state index contributed by atoms with van der Waals surface area (Å²) in [5.74, 6) is 0. The van der Waals surface area contributed by atoms with Crippen LogP contribution in [0.1, 0.15) is 30.7 Å². The maximum Gasteiger partial charge on any atom is 0.210 e. The smallest absolute Gasteiger partial charge is 0.210 e. The van der Waals surface area contributed by atoms with Crippen molar-refractivity contribution in [2.75, 3.05) is 0 Å². The quantitative estimate of drug-likeness (QED) is 0.584. The average molecular weight is 339 g/mol. The van der Waals surface area contributed by atoms with Crippen molar-refractivity contribution in [3.8, 4) is 0 Å².